The van der Waals surface area contributed by atoms with E-state index in [1.54, 1.807) is 10.9 Å². The number of β-lactam (4-membered cyclic amide) rings is 1. The Kier molecular flexibility index (Phi) is 9.08. The van der Waals surface area contributed by atoms with Crippen molar-refractivity contribution in [1.82, 2.24) is 35.0 Å². The molecule has 22 heteroatoms. The number of oxime groups is 1. The standard InChI is InChI=1S/C27H27N11O7S4/c1-5-9-37-15(7-6-8-30-37)29-10-13-11-46-24(31-13)48-14-12-47-27-26(36-27,21(41)38(27)17(14)20(40)44-4)33-19(39)16(18-32-23(28)49-35-18)34-45-25(2,3)22(42)43/h5-9,11,36H,10,12H2,1-4H3,(H4,28,32,33,35,39,42,43)/p+1/b9-5-,34-16-/t26-,27?/m0/s1. The lowest BCUT2D eigenvalue weighted by atomic mass is 10.0. The van der Waals surface area contributed by atoms with Gasteiger partial charge in [0.15, 0.2) is 14.5 Å². The molecule has 2 atom stereocenters. The van der Waals surface area contributed by atoms with Crippen LogP contribution in [0, 0.1) is 0 Å². The van der Waals surface area contributed by atoms with E-state index in [-0.39, 0.29) is 22.4 Å². The lowest BCUT2D eigenvalue weighted by Crippen LogP contribution is -2.71. The van der Waals surface area contributed by atoms with Crippen molar-refractivity contribution in [3.63, 3.8) is 0 Å². The van der Waals surface area contributed by atoms with Crippen LogP contribution < -0.4 is 26.4 Å². The number of thioether (sulfide) groups is 2. The molecule has 49 heavy (non-hydrogen) atoms. The van der Waals surface area contributed by atoms with Crippen LogP contribution in [-0.2, 0) is 35.3 Å². The van der Waals surface area contributed by atoms with Gasteiger partial charge in [0.1, 0.15) is 18.4 Å². The summed E-state index contributed by atoms with van der Waals surface area (Å²) < 4.78 is 11.4. The summed E-state index contributed by atoms with van der Waals surface area (Å²) >= 11 is 4.70. The van der Waals surface area contributed by atoms with Gasteiger partial charge < -0.3 is 25.7 Å². The number of ether oxygens (including phenoxy) is 1. The van der Waals surface area contributed by atoms with Crippen LogP contribution in [0.2, 0.25) is 0 Å². The third-order valence-corrected chi connectivity index (χ3v) is 11.5. The number of nitrogen functional groups attached to an aromatic ring is 1. The normalized spacial score (nSPS) is 21.5. The number of carbonyl (C=O) groups is 4. The molecular formula is C27H28N11O7S4+. The SMILES string of the molecule is C/C=C\[n+]1ncccc1NCc1csc(SC2=C(C(=O)OC)N3C(=O)[C@]4(NC(=O)/C(=N\OC(C)(C)C(=O)O)c5nsc(N)n5)NC34SC2)n1. The molecule has 6 heterocycles. The molecule has 2 saturated heterocycles. The van der Waals surface area contributed by atoms with Crippen LogP contribution in [-0.4, -0.2) is 88.0 Å². The summed E-state index contributed by atoms with van der Waals surface area (Å²) in [5, 5.41) is 28.3. The van der Waals surface area contributed by atoms with E-state index in [1.807, 2.05) is 36.7 Å². The van der Waals surface area contributed by atoms with E-state index in [0.29, 0.717) is 15.8 Å². The molecular weight excluding hydrogens is 719 g/mol. The van der Waals surface area contributed by atoms with E-state index < -0.39 is 45.7 Å². The van der Waals surface area contributed by atoms with Gasteiger partial charge in [0.2, 0.25) is 22.8 Å². The Bertz CT molecular complexity index is 1960. The summed E-state index contributed by atoms with van der Waals surface area (Å²) in [7, 11) is 1.21. The van der Waals surface area contributed by atoms with Crippen molar-refractivity contribution in [1.29, 1.82) is 0 Å². The lowest BCUT2D eigenvalue weighted by Gasteiger charge is -2.46. The highest BCUT2D eigenvalue weighted by atomic mass is 32.2. The highest BCUT2D eigenvalue weighted by Gasteiger charge is 2.89. The van der Waals surface area contributed by atoms with Crippen LogP contribution in [0.3, 0.4) is 0 Å². The fraction of sp³-hybridized carbons (Fsp3) is 0.333. The fourth-order valence-corrected chi connectivity index (χ4v) is 8.75. The van der Waals surface area contributed by atoms with Gasteiger partial charge in [-0.25, -0.2) is 19.9 Å². The molecule has 0 saturated carbocycles. The van der Waals surface area contributed by atoms with E-state index >= 15 is 0 Å². The number of carboxylic acids is 1. The van der Waals surface area contributed by atoms with Crippen molar-refractivity contribution >= 4 is 93.0 Å². The average Bonchev–Trinajstić information content (AvgIpc) is 3.40. The maximum absolute atomic E-state index is 13.7. The van der Waals surface area contributed by atoms with Gasteiger partial charge in [-0.3, -0.25) is 19.8 Å². The first-order chi connectivity index (χ1) is 23.4. The van der Waals surface area contributed by atoms with Crippen molar-refractivity contribution in [3.05, 3.63) is 51.9 Å². The zero-order valence-electron chi connectivity index (χ0n) is 26.1. The number of amides is 2. The number of carboxylic acid groups (broad SMARTS) is 1. The quantitative estimate of drug-likeness (QED) is 0.0405. The number of aliphatic carboxylic acids is 1. The fourth-order valence-electron chi connectivity index (χ4n) is 4.71. The number of thiazole rings is 1. The number of hydrogen-bond donors (Lipinski definition) is 5. The van der Waals surface area contributed by atoms with E-state index in [4.69, 9.17) is 15.3 Å². The van der Waals surface area contributed by atoms with E-state index in [9.17, 15) is 24.3 Å². The zero-order valence-corrected chi connectivity index (χ0v) is 29.4. The molecule has 3 aliphatic rings. The van der Waals surface area contributed by atoms with Gasteiger partial charge in [0, 0.05) is 33.6 Å². The van der Waals surface area contributed by atoms with E-state index in [0.717, 1.165) is 23.0 Å². The van der Waals surface area contributed by atoms with Gasteiger partial charge in [-0.2, -0.15) is 9.36 Å². The molecule has 2 amide bonds. The zero-order chi connectivity index (χ0) is 35.1. The van der Waals surface area contributed by atoms with Crippen molar-refractivity contribution in [2.75, 3.05) is 23.9 Å². The van der Waals surface area contributed by atoms with Crippen molar-refractivity contribution in [2.45, 2.75) is 47.9 Å². The Morgan fingerprint density at radius 2 is 2.14 bits per heavy atom. The minimum absolute atomic E-state index is 0.0217. The predicted molar refractivity (Wildman–Crippen MR) is 179 cm³/mol. The maximum atomic E-state index is 13.7. The third-order valence-electron chi connectivity index (χ3n) is 7.23. The number of nitrogens with zero attached hydrogens (tertiary/aromatic N) is 7. The summed E-state index contributed by atoms with van der Waals surface area (Å²) in [4.78, 5) is 66.3. The molecule has 1 unspecified atom stereocenters. The van der Waals surface area contributed by atoms with Crippen molar-refractivity contribution in [3.8, 4) is 0 Å². The molecule has 256 valence electrons. The van der Waals surface area contributed by atoms with Gasteiger partial charge in [0.25, 0.3) is 17.6 Å². The minimum atomic E-state index is -1.80. The van der Waals surface area contributed by atoms with Crippen LogP contribution in [0.15, 0.2) is 49.9 Å². The summed E-state index contributed by atoms with van der Waals surface area (Å²) in [5.74, 6) is -2.81. The highest BCUT2D eigenvalue weighted by molar-refractivity contribution is 8.07. The second kappa shape index (κ2) is 13.0. The number of aromatic nitrogens is 5. The number of anilines is 2. The molecule has 0 aromatic carbocycles. The first-order valence-electron chi connectivity index (χ1n) is 14.2. The summed E-state index contributed by atoms with van der Waals surface area (Å²) in [6.45, 7) is 4.79. The van der Waals surface area contributed by atoms with Crippen molar-refractivity contribution in [2.24, 2.45) is 5.16 Å². The molecule has 3 aliphatic heterocycles. The van der Waals surface area contributed by atoms with Gasteiger partial charge in [-0.15, -0.1) is 27.8 Å². The van der Waals surface area contributed by atoms with Crippen LogP contribution in [0.25, 0.3) is 6.20 Å². The average molecular weight is 747 g/mol. The number of allylic oxidation sites excluding steroid dienone is 1. The Balaban J connectivity index is 1.20. The molecule has 2 fully saturated rings. The molecule has 0 bridgehead atoms. The molecule has 1 spiro atoms. The maximum Gasteiger partial charge on any atom is 0.355 e. The molecule has 18 nitrogen and oxygen atoms in total. The molecule has 3 aromatic rings. The first-order valence-corrected chi connectivity index (χ1v) is 17.7. The van der Waals surface area contributed by atoms with Crippen LogP contribution in [0.4, 0.5) is 10.9 Å². The number of carbonyl (C=O) groups excluding carboxylic acids is 3. The second-order valence-corrected chi connectivity index (χ2v) is 15.0. The number of nitrogens with one attached hydrogen (secondary N) is 3. The van der Waals surface area contributed by atoms with Gasteiger partial charge in [0.05, 0.1) is 19.0 Å². The van der Waals surface area contributed by atoms with E-state index in [2.05, 4.69) is 40.5 Å². The number of methoxy groups -OCH3 is 1. The van der Waals surface area contributed by atoms with E-state index in [1.165, 1.54) is 60.7 Å². The molecule has 6 N–H and O–H groups in total. The Labute approximate surface area is 294 Å². The number of esters is 1. The summed E-state index contributed by atoms with van der Waals surface area (Å²) in [6, 6.07) is 3.71. The Morgan fingerprint density at radius 1 is 1.35 bits per heavy atom. The minimum Gasteiger partial charge on any atom is -0.478 e. The summed E-state index contributed by atoms with van der Waals surface area (Å²) in [6.07, 6.45) is 5.38. The van der Waals surface area contributed by atoms with Crippen LogP contribution in [0.5, 0.6) is 0 Å². The molecule has 0 aliphatic carbocycles. The monoisotopic (exact) mass is 746 g/mol. The Hall–Kier alpha value is -4.64. The topological polar surface area (TPSA) is 250 Å². The third kappa shape index (κ3) is 6.09. The lowest BCUT2D eigenvalue weighted by molar-refractivity contribution is -0.620. The molecule has 3 aromatic heterocycles. The largest absolute Gasteiger partial charge is 0.478 e. The number of rotatable bonds is 13. The Morgan fingerprint density at radius 3 is 2.84 bits per heavy atom. The van der Waals surface area contributed by atoms with Gasteiger partial charge >= 0.3 is 11.9 Å². The van der Waals surface area contributed by atoms with Crippen LogP contribution in [0.1, 0.15) is 32.3 Å². The van der Waals surface area contributed by atoms with Crippen LogP contribution >= 0.6 is 46.4 Å². The molecule has 6 rings (SSSR count). The molecule has 0 radical (unpaired) electrons. The second-order valence-electron chi connectivity index (χ2n) is 10.9. The smallest absolute Gasteiger partial charge is 0.355 e. The first kappa shape index (κ1) is 34.2. The predicted octanol–water partition coefficient (Wildman–Crippen LogP) is 0.781. The number of nitrogens with two attached hydrogens (primary N) is 1. The summed E-state index contributed by atoms with van der Waals surface area (Å²) in [5.41, 5.74) is 2.58. The highest BCUT2D eigenvalue weighted by Crippen LogP contribution is 2.63. The number of hydrogen-bond acceptors (Lipinski definition) is 18. The van der Waals surface area contributed by atoms with Gasteiger partial charge in [-0.05, 0) is 32.9 Å². The van der Waals surface area contributed by atoms with Gasteiger partial charge in [-0.1, -0.05) is 22.0 Å². The van der Waals surface area contributed by atoms with Crippen molar-refractivity contribution < 1.29 is 38.5 Å².